The lowest BCUT2D eigenvalue weighted by molar-refractivity contribution is -0.146. The van der Waals surface area contributed by atoms with Gasteiger partial charge in [0.1, 0.15) is 6.61 Å². The summed E-state index contributed by atoms with van der Waals surface area (Å²) in [6.45, 7) is 0.826. The van der Waals surface area contributed by atoms with Crippen LogP contribution in [0.4, 0.5) is 0 Å². The number of amides is 1. The zero-order valence-corrected chi connectivity index (χ0v) is 6.62. The number of aliphatic hydroxyl groups is 1. The van der Waals surface area contributed by atoms with Crippen molar-refractivity contribution in [2.45, 2.75) is 12.5 Å². The summed E-state index contributed by atoms with van der Waals surface area (Å²) in [5, 5.41) is 8.63. The monoisotopic (exact) mass is 159 g/mol. The number of aliphatic hydroxyl groups excluding tert-OH is 1. The Morgan fingerprint density at radius 1 is 1.82 bits per heavy atom. The second kappa shape index (κ2) is 3.69. The highest BCUT2D eigenvalue weighted by Gasteiger charge is 2.24. The third-order valence-corrected chi connectivity index (χ3v) is 1.94. The zero-order valence-electron chi connectivity index (χ0n) is 6.62. The number of hydrogen-bond acceptors (Lipinski definition) is 3. The van der Waals surface area contributed by atoms with Crippen molar-refractivity contribution >= 4 is 5.91 Å². The second-order valence-corrected chi connectivity index (χ2v) is 2.69. The van der Waals surface area contributed by atoms with Gasteiger partial charge in [-0.2, -0.15) is 0 Å². The molecule has 4 nitrogen and oxygen atoms in total. The van der Waals surface area contributed by atoms with Crippen molar-refractivity contribution < 1.29 is 14.6 Å². The molecule has 0 radical (unpaired) electrons. The fraction of sp³-hybridized carbons (Fsp3) is 0.857. The van der Waals surface area contributed by atoms with Crippen molar-refractivity contribution in [1.29, 1.82) is 0 Å². The lowest BCUT2D eigenvalue weighted by Gasteiger charge is -2.31. The minimum Gasteiger partial charge on any atom is -0.396 e. The Labute approximate surface area is 65.8 Å². The van der Waals surface area contributed by atoms with Crippen LogP contribution in [-0.2, 0) is 9.53 Å². The van der Waals surface area contributed by atoms with Gasteiger partial charge >= 0.3 is 0 Å². The van der Waals surface area contributed by atoms with Gasteiger partial charge in [-0.15, -0.1) is 0 Å². The number of hydrogen-bond donors (Lipinski definition) is 1. The zero-order chi connectivity index (χ0) is 8.27. The van der Waals surface area contributed by atoms with Gasteiger partial charge in [0.05, 0.1) is 12.6 Å². The molecule has 0 aromatic rings. The summed E-state index contributed by atoms with van der Waals surface area (Å²) in [5.74, 6) is -0.00491. The molecular weight excluding hydrogens is 146 g/mol. The Bertz CT molecular complexity index is 147. The van der Waals surface area contributed by atoms with Crippen LogP contribution in [0.1, 0.15) is 6.42 Å². The standard InChI is InChI=1S/C7H13NO3/c1-8-6(2-3-9)4-11-5-7(8)10/h6,9H,2-5H2,1H3. The number of morpholine rings is 1. The number of carbonyl (C=O) groups is 1. The Kier molecular flexibility index (Phi) is 2.84. The molecule has 0 aliphatic carbocycles. The van der Waals surface area contributed by atoms with Crippen molar-refractivity contribution in [3.8, 4) is 0 Å². The van der Waals surface area contributed by atoms with E-state index >= 15 is 0 Å². The molecular formula is C7H13NO3. The predicted molar refractivity (Wildman–Crippen MR) is 39.1 cm³/mol. The predicted octanol–water partition coefficient (Wildman–Crippen LogP) is -0.774. The maximum atomic E-state index is 11.0. The van der Waals surface area contributed by atoms with Gasteiger partial charge in [0.15, 0.2) is 0 Å². The van der Waals surface area contributed by atoms with E-state index in [2.05, 4.69) is 0 Å². The molecule has 0 spiro atoms. The SMILES string of the molecule is CN1C(=O)COCC1CCO. The first-order valence-corrected chi connectivity index (χ1v) is 3.70. The van der Waals surface area contributed by atoms with Gasteiger partial charge in [0.2, 0.25) is 5.91 Å². The van der Waals surface area contributed by atoms with Crippen LogP contribution >= 0.6 is 0 Å². The Balaban J connectivity index is 2.44. The molecule has 1 heterocycles. The van der Waals surface area contributed by atoms with E-state index in [1.165, 1.54) is 0 Å². The molecule has 1 rings (SSSR count). The Morgan fingerprint density at radius 2 is 2.55 bits per heavy atom. The average molecular weight is 159 g/mol. The number of likely N-dealkylation sites (N-methyl/N-ethyl adjacent to an activating group) is 1. The van der Waals surface area contributed by atoms with E-state index in [0.29, 0.717) is 13.0 Å². The minimum atomic E-state index is -0.00491. The van der Waals surface area contributed by atoms with Crippen LogP contribution in [0.3, 0.4) is 0 Å². The number of carbonyl (C=O) groups excluding carboxylic acids is 1. The van der Waals surface area contributed by atoms with Crippen LogP contribution in [0.15, 0.2) is 0 Å². The molecule has 1 N–H and O–H groups in total. The average Bonchev–Trinajstić information content (AvgIpc) is 1.99. The smallest absolute Gasteiger partial charge is 0.248 e. The Hall–Kier alpha value is -0.610. The molecule has 0 aromatic heterocycles. The van der Waals surface area contributed by atoms with Crippen LogP contribution in [0.5, 0.6) is 0 Å². The van der Waals surface area contributed by atoms with E-state index in [0.717, 1.165) is 0 Å². The van der Waals surface area contributed by atoms with E-state index in [4.69, 9.17) is 9.84 Å². The number of ether oxygens (including phenoxy) is 1. The van der Waals surface area contributed by atoms with E-state index in [-0.39, 0.29) is 25.2 Å². The van der Waals surface area contributed by atoms with Crippen LogP contribution in [0.2, 0.25) is 0 Å². The third-order valence-electron chi connectivity index (χ3n) is 1.94. The maximum absolute atomic E-state index is 11.0. The summed E-state index contributed by atoms with van der Waals surface area (Å²) in [6.07, 6.45) is 0.599. The normalized spacial score (nSPS) is 25.8. The molecule has 1 atom stereocenters. The molecule has 1 amide bonds. The first-order valence-electron chi connectivity index (χ1n) is 3.70. The first-order chi connectivity index (χ1) is 5.25. The summed E-state index contributed by atoms with van der Waals surface area (Å²) in [6, 6.07) is 0.0567. The third kappa shape index (κ3) is 1.91. The van der Waals surface area contributed by atoms with Crippen molar-refractivity contribution in [3.63, 3.8) is 0 Å². The minimum absolute atomic E-state index is 0.00491. The second-order valence-electron chi connectivity index (χ2n) is 2.69. The molecule has 1 saturated heterocycles. The van der Waals surface area contributed by atoms with Gasteiger partial charge < -0.3 is 14.7 Å². The molecule has 1 aliphatic rings. The van der Waals surface area contributed by atoms with E-state index < -0.39 is 0 Å². The summed E-state index contributed by atoms with van der Waals surface area (Å²) in [4.78, 5) is 12.6. The largest absolute Gasteiger partial charge is 0.396 e. The topological polar surface area (TPSA) is 49.8 Å². The van der Waals surface area contributed by atoms with Crippen LogP contribution in [0.25, 0.3) is 0 Å². The van der Waals surface area contributed by atoms with Crippen LogP contribution in [0, 0.1) is 0 Å². The molecule has 4 heteroatoms. The van der Waals surface area contributed by atoms with Gasteiger partial charge in [0, 0.05) is 13.7 Å². The summed E-state index contributed by atoms with van der Waals surface area (Å²) >= 11 is 0. The highest BCUT2D eigenvalue weighted by Crippen LogP contribution is 2.07. The summed E-state index contributed by atoms with van der Waals surface area (Å²) in [7, 11) is 1.74. The molecule has 1 aliphatic heterocycles. The van der Waals surface area contributed by atoms with Crippen molar-refractivity contribution in [1.82, 2.24) is 4.90 Å². The highest BCUT2D eigenvalue weighted by molar-refractivity contribution is 5.78. The molecule has 1 fully saturated rings. The lowest BCUT2D eigenvalue weighted by atomic mass is 10.2. The summed E-state index contributed by atoms with van der Waals surface area (Å²) in [5.41, 5.74) is 0. The van der Waals surface area contributed by atoms with Gasteiger partial charge in [0.25, 0.3) is 0 Å². The molecule has 11 heavy (non-hydrogen) atoms. The fourth-order valence-electron chi connectivity index (χ4n) is 1.13. The highest BCUT2D eigenvalue weighted by atomic mass is 16.5. The lowest BCUT2D eigenvalue weighted by Crippen LogP contribution is -2.47. The van der Waals surface area contributed by atoms with Crippen molar-refractivity contribution in [2.75, 3.05) is 26.9 Å². The van der Waals surface area contributed by atoms with Crippen LogP contribution < -0.4 is 0 Å². The van der Waals surface area contributed by atoms with E-state index in [1.807, 2.05) is 0 Å². The molecule has 0 bridgehead atoms. The van der Waals surface area contributed by atoms with E-state index in [9.17, 15) is 4.79 Å². The van der Waals surface area contributed by atoms with Crippen molar-refractivity contribution in [2.24, 2.45) is 0 Å². The molecule has 0 saturated carbocycles. The quantitative estimate of drug-likeness (QED) is 0.575. The number of rotatable bonds is 2. The fourth-order valence-corrected chi connectivity index (χ4v) is 1.13. The van der Waals surface area contributed by atoms with Crippen LogP contribution in [-0.4, -0.2) is 48.8 Å². The number of nitrogens with zero attached hydrogens (tertiary/aromatic N) is 1. The summed E-state index contributed by atoms with van der Waals surface area (Å²) < 4.78 is 5.02. The van der Waals surface area contributed by atoms with Gasteiger partial charge in [-0.05, 0) is 6.42 Å². The first kappa shape index (κ1) is 8.49. The van der Waals surface area contributed by atoms with Gasteiger partial charge in [-0.25, -0.2) is 0 Å². The van der Waals surface area contributed by atoms with Gasteiger partial charge in [-0.3, -0.25) is 4.79 Å². The van der Waals surface area contributed by atoms with Gasteiger partial charge in [-0.1, -0.05) is 0 Å². The van der Waals surface area contributed by atoms with Crippen molar-refractivity contribution in [3.05, 3.63) is 0 Å². The molecule has 1 unspecified atom stereocenters. The van der Waals surface area contributed by atoms with E-state index in [1.54, 1.807) is 11.9 Å². The maximum Gasteiger partial charge on any atom is 0.248 e. The molecule has 64 valence electrons. The Morgan fingerprint density at radius 3 is 3.18 bits per heavy atom. The molecule has 0 aromatic carbocycles.